The summed E-state index contributed by atoms with van der Waals surface area (Å²) < 4.78 is 2.85. The third kappa shape index (κ3) is 13.4. The highest BCUT2D eigenvalue weighted by atomic mass is 15.4. The molecule has 0 radical (unpaired) electrons. The van der Waals surface area contributed by atoms with Crippen molar-refractivity contribution in [2.45, 2.75) is 131 Å². The number of quaternary nitrogens is 2. The quantitative estimate of drug-likeness (QED) is 0.114. The zero-order chi connectivity index (χ0) is 22.6. The van der Waals surface area contributed by atoms with E-state index in [0.29, 0.717) is 0 Å². The fourth-order valence-electron chi connectivity index (χ4n) is 5.20. The molecule has 0 amide bonds. The summed E-state index contributed by atoms with van der Waals surface area (Å²) in [5.41, 5.74) is 0. The Bertz CT molecular complexity index is 275. The number of hydrogen-bond donors (Lipinski definition) is 0. The second-order valence-electron chi connectivity index (χ2n) is 10.3. The van der Waals surface area contributed by atoms with E-state index in [0.717, 1.165) is 0 Å². The standard InChI is InChI=1S/C28H62N2/c1-7-13-21-29(22-14-8-2,23-15-9-3)27-19-20-28-30(24-16-10-4,25-17-11-5)26-18-12-6/h7-28H2,1-6H3/q+2. The van der Waals surface area contributed by atoms with Crippen LogP contribution in [0, 0.1) is 0 Å². The maximum atomic E-state index is 2.37. The van der Waals surface area contributed by atoms with Crippen molar-refractivity contribution in [3.8, 4) is 0 Å². The van der Waals surface area contributed by atoms with E-state index < -0.39 is 0 Å². The van der Waals surface area contributed by atoms with Gasteiger partial charge in [-0.3, -0.25) is 0 Å². The Labute approximate surface area is 193 Å². The normalized spacial score (nSPS) is 12.6. The average molecular weight is 427 g/mol. The van der Waals surface area contributed by atoms with Crippen LogP contribution < -0.4 is 0 Å². The number of rotatable bonds is 23. The number of nitrogens with zero attached hydrogens (tertiary/aromatic N) is 2. The highest BCUT2D eigenvalue weighted by Gasteiger charge is 2.28. The van der Waals surface area contributed by atoms with Gasteiger partial charge in [0.25, 0.3) is 0 Å². The van der Waals surface area contributed by atoms with Gasteiger partial charge in [0.15, 0.2) is 0 Å². The van der Waals surface area contributed by atoms with Crippen LogP contribution >= 0.6 is 0 Å². The van der Waals surface area contributed by atoms with Gasteiger partial charge in [0, 0.05) is 12.8 Å². The maximum Gasteiger partial charge on any atom is 0.0788 e. The van der Waals surface area contributed by atoms with Gasteiger partial charge in [0.05, 0.1) is 52.4 Å². The van der Waals surface area contributed by atoms with Gasteiger partial charge in [-0.2, -0.15) is 0 Å². The molecule has 0 saturated heterocycles. The zero-order valence-corrected chi connectivity index (χ0v) is 22.5. The van der Waals surface area contributed by atoms with Gasteiger partial charge in [-0.1, -0.05) is 80.1 Å². The molecule has 0 fully saturated rings. The molecule has 0 rings (SSSR count). The summed E-state index contributed by atoms with van der Waals surface area (Å²) in [6, 6.07) is 0. The molecule has 182 valence electrons. The van der Waals surface area contributed by atoms with Crippen LogP contribution in [-0.2, 0) is 0 Å². The van der Waals surface area contributed by atoms with Crippen LogP contribution in [0.3, 0.4) is 0 Å². The monoisotopic (exact) mass is 426 g/mol. The smallest absolute Gasteiger partial charge is 0.0788 e. The zero-order valence-electron chi connectivity index (χ0n) is 22.5. The van der Waals surface area contributed by atoms with Crippen molar-refractivity contribution in [1.29, 1.82) is 0 Å². The first-order chi connectivity index (χ1) is 14.6. The van der Waals surface area contributed by atoms with E-state index in [1.807, 2.05) is 0 Å². The molecule has 0 aliphatic heterocycles. The summed E-state index contributed by atoms with van der Waals surface area (Å²) in [6.45, 7) is 25.7. The number of unbranched alkanes of at least 4 members (excludes halogenated alkanes) is 7. The summed E-state index contributed by atoms with van der Waals surface area (Å²) in [6.07, 6.45) is 19.5. The first-order valence-corrected chi connectivity index (χ1v) is 14.3. The Morgan fingerprint density at radius 2 is 0.433 bits per heavy atom. The Hall–Kier alpha value is -0.0800. The molecule has 30 heavy (non-hydrogen) atoms. The minimum atomic E-state index is 1.35. The van der Waals surface area contributed by atoms with Crippen molar-refractivity contribution in [3.05, 3.63) is 0 Å². The van der Waals surface area contributed by atoms with E-state index in [4.69, 9.17) is 0 Å². The van der Waals surface area contributed by atoms with Crippen LogP contribution in [0.15, 0.2) is 0 Å². The second kappa shape index (κ2) is 19.6. The molecule has 0 spiro atoms. The summed E-state index contributed by atoms with van der Waals surface area (Å²) in [5.74, 6) is 0. The lowest BCUT2D eigenvalue weighted by atomic mass is 10.1. The molecule has 0 heterocycles. The van der Waals surface area contributed by atoms with Gasteiger partial charge in [-0.05, 0) is 38.5 Å². The molecule has 0 atom stereocenters. The van der Waals surface area contributed by atoms with Gasteiger partial charge in [0.2, 0.25) is 0 Å². The first-order valence-electron chi connectivity index (χ1n) is 14.3. The van der Waals surface area contributed by atoms with Gasteiger partial charge < -0.3 is 8.97 Å². The van der Waals surface area contributed by atoms with Crippen LogP contribution in [0.5, 0.6) is 0 Å². The van der Waals surface area contributed by atoms with Crippen LogP contribution in [0.25, 0.3) is 0 Å². The molecule has 0 aliphatic rings. The molecular formula is C28H62N2+2. The molecular weight excluding hydrogens is 364 g/mol. The highest BCUT2D eigenvalue weighted by molar-refractivity contribution is 4.53. The molecule has 0 aromatic heterocycles. The van der Waals surface area contributed by atoms with Crippen LogP contribution in [0.1, 0.15) is 131 Å². The Balaban J connectivity index is 5.02. The fraction of sp³-hybridized carbons (Fsp3) is 1.00. The molecule has 0 N–H and O–H groups in total. The average Bonchev–Trinajstić information content (AvgIpc) is 2.77. The third-order valence-corrected chi connectivity index (χ3v) is 7.43. The van der Waals surface area contributed by atoms with E-state index in [1.165, 1.54) is 151 Å². The van der Waals surface area contributed by atoms with Gasteiger partial charge >= 0.3 is 0 Å². The van der Waals surface area contributed by atoms with Crippen molar-refractivity contribution in [2.24, 2.45) is 0 Å². The molecule has 0 unspecified atom stereocenters. The summed E-state index contributed by atoms with van der Waals surface area (Å²) in [4.78, 5) is 0. The molecule has 2 heteroatoms. The molecule has 0 bridgehead atoms. The maximum absolute atomic E-state index is 2.37. The molecule has 0 aromatic carbocycles. The predicted octanol–water partition coefficient (Wildman–Crippen LogP) is 8.20. The molecule has 2 nitrogen and oxygen atoms in total. The Morgan fingerprint density at radius 1 is 0.267 bits per heavy atom. The highest BCUT2D eigenvalue weighted by Crippen LogP contribution is 2.20. The van der Waals surface area contributed by atoms with Crippen molar-refractivity contribution in [2.75, 3.05) is 52.4 Å². The summed E-state index contributed by atoms with van der Waals surface area (Å²) in [5, 5.41) is 0. The number of hydrogen-bond acceptors (Lipinski definition) is 0. The van der Waals surface area contributed by atoms with Crippen LogP contribution in [-0.4, -0.2) is 61.3 Å². The van der Waals surface area contributed by atoms with Crippen LogP contribution in [0.2, 0.25) is 0 Å². The van der Waals surface area contributed by atoms with E-state index in [2.05, 4.69) is 41.5 Å². The van der Waals surface area contributed by atoms with E-state index >= 15 is 0 Å². The van der Waals surface area contributed by atoms with Gasteiger partial charge in [0.1, 0.15) is 0 Å². The third-order valence-electron chi connectivity index (χ3n) is 7.43. The van der Waals surface area contributed by atoms with Gasteiger partial charge in [-0.25, -0.2) is 0 Å². The van der Waals surface area contributed by atoms with E-state index in [-0.39, 0.29) is 0 Å². The molecule has 0 aliphatic carbocycles. The lowest BCUT2D eigenvalue weighted by molar-refractivity contribution is -0.934. The Kier molecular flexibility index (Phi) is 19.5. The SMILES string of the molecule is CCCC[N+](CCCC)(CCCC)CCCC[N+](CCCC)(CCCC)CCCC. The van der Waals surface area contributed by atoms with Crippen molar-refractivity contribution >= 4 is 0 Å². The van der Waals surface area contributed by atoms with Crippen molar-refractivity contribution < 1.29 is 8.97 Å². The predicted molar refractivity (Wildman–Crippen MR) is 138 cm³/mol. The largest absolute Gasteiger partial charge is 0.324 e. The Morgan fingerprint density at radius 3 is 0.600 bits per heavy atom. The first kappa shape index (κ1) is 29.9. The van der Waals surface area contributed by atoms with E-state index in [9.17, 15) is 0 Å². The van der Waals surface area contributed by atoms with E-state index in [1.54, 1.807) is 0 Å². The minimum absolute atomic E-state index is 1.35. The summed E-state index contributed by atoms with van der Waals surface area (Å²) in [7, 11) is 0. The minimum Gasteiger partial charge on any atom is -0.324 e. The lowest BCUT2D eigenvalue weighted by Crippen LogP contribution is -2.52. The molecule has 0 aromatic rings. The second-order valence-corrected chi connectivity index (χ2v) is 10.3. The fourth-order valence-corrected chi connectivity index (χ4v) is 5.20. The van der Waals surface area contributed by atoms with Crippen molar-refractivity contribution in [1.82, 2.24) is 0 Å². The van der Waals surface area contributed by atoms with Gasteiger partial charge in [-0.15, -0.1) is 0 Å². The topological polar surface area (TPSA) is 0 Å². The summed E-state index contributed by atoms with van der Waals surface area (Å²) >= 11 is 0. The van der Waals surface area contributed by atoms with Crippen molar-refractivity contribution in [3.63, 3.8) is 0 Å². The molecule has 0 saturated carbocycles. The van der Waals surface area contributed by atoms with Crippen LogP contribution in [0.4, 0.5) is 0 Å². The lowest BCUT2D eigenvalue weighted by Gasteiger charge is -2.41.